The lowest BCUT2D eigenvalue weighted by molar-refractivity contribution is 0.476. The summed E-state index contributed by atoms with van der Waals surface area (Å²) in [6.45, 7) is 0. The van der Waals surface area contributed by atoms with E-state index in [-0.39, 0.29) is 15.7 Å². The van der Waals surface area contributed by atoms with E-state index in [1.807, 2.05) is 0 Å². The number of ether oxygens (including phenoxy) is 1. The van der Waals surface area contributed by atoms with E-state index in [0.717, 1.165) is 6.07 Å². The molecule has 0 aliphatic carbocycles. The molecule has 4 nitrogen and oxygen atoms in total. The van der Waals surface area contributed by atoms with Gasteiger partial charge in [0.25, 0.3) is 0 Å². The first-order valence-corrected chi connectivity index (χ1v) is 7.04. The van der Waals surface area contributed by atoms with Gasteiger partial charge in [-0.05, 0) is 36.4 Å². The van der Waals surface area contributed by atoms with Gasteiger partial charge < -0.3 is 4.74 Å². The summed E-state index contributed by atoms with van der Waals surface area (Å²) >= 11 is 5.54. The maximum atomic E-state index is 13.2. The second-order valence-electron chi connectivity index (χ2n) is 3.69. The van der Waals surface area contributed by atoms with Crippen molar-refractivity contribution < 1.29 is 17.5 Å². The van der Waals surface area contributed by atoms with Gasteiger partial charge in [-0.3, -0.25) is 0 Å². The van der Waals surface area contributed by atoms with Crippen molar-refractivity contribution in [2.24, 2.45) is 5.14 Å². The fourth-order valence-electron chi connectivity index (χ4n) is 1.37. The van der Waals surface area contributed by atoms with Gasteiger partial charge in [-0.1, -0.05) is 11.6 Å². The van der Waals surface area contributed by atoms with Crippen LogP contribution < -0.4 is 9.88 Å². The van der Waals surface area contributed by atoms with Crippen LogP contribution in [0.5, 0.6) is 11.5 Å². The van der Waals surface area contributed by atoms with Crippen LogP contribution in [0.25, 0.3) is 0 Å². The van der Waals surface area contributed by atoms with Gasteiger partial charge in [0.05, 0.1) is 9.92 Å². The molecule has 2 aromatic rings. The molecule has 0 saturated carbocycles. The zero-order chi connectivity index (χ0) is 14.0. The van der Waals surface area contributed by atoms with Crippen LogP contribution in [0.4, 0.5) is 4.39 Å². The summed E-state index contributed by atoms with van der Waals surface area (Å²) in [6, 6.07) is 9.45. The molecule has 19 heavy (non-hydrogen) atoms. The minimum absolute atomic E-state index is 0.00285. The van der Waals surface area contributed by atoms with Gasteiger partial charge in [0.1, 0.15) is 17.3 Å². The first-order chi connectivity index (χ1) is 8.86. The highest BCUT2D eigenvalue weighted by atomic mass is 35.5. The highest BCUT2D eigenvalue weighted by Gasteiger charge is 2.08. The summed E-state index contributed by atoms with van der Waals surface area (Å²) in [5.74, 6) is 0.0136. The van der Waals surface area contributed by atoms with Crippen LogP contribution in [0.3, 0.4) is 0 Å². The van der Waals surface area contributed by atoms with Crippen LogP contribution in [0.1, 0.15) is 0 Å². The van der Waals surface area contributed by atoms with Crippen molar-refractivity contribution in [3.05, 3.63) is 53.3 Å². The summed E-state index contributed by atoms with van der Waals surface area (Å²) < 4.78 is 40.7. The second kappa shape index (κ2) is 5.16. The Labute approximate surface area is 114 Å². The third-order valence-corrected chi connectivity index (χ3v) is 3.51. The minimum Gasteiger partial charge on any atom is -0.457 e. The molecule has 0 heterocycles. The van der Waals surface area contributed by atoms with Crippen molar-refractivity contribution in [1.82, 2.24) is 0 Å². The van der Waals surface area contributed by atoms with E-state index in [1.165, 1.54) is 36.4 Å². The fourth-order valence-corrected chi connectivity index (χ4v) is 2.01. The summed E-state index contributed by atoms with van der Waals surface area (Å²) in [5, 5.41) is 4.96. The summed E-state index contributed by atoms with van der Waals surface area (Å²) in [6.07, 6.45) is 0. The first kappa shape index (κ1) is 13.8. The number of primary sulfonamides is 1. The second-order valence-corrected chi connectivity index (χ2v) is 5.66. The van der Waals surface area contributed by atoms with E-state index >= 15 is 0 Å². The smallest absolute Gasteiger partial charge is 0.238 e. The zero-order valence-corrected chi connectivity index (χ0v) is 11.1. The number of halogens is 2. The van der Waals surface area contributed by atoms with Gasteiger partial charge in [-0.2, -0.15) is 0 Å². The van der Waals surface area contributed by atoms with Crippen molar-refractivity contribution in [3.63, 3.8) is 0 Å². The van der Waals surface area contributed by atoms with Gasteiger partial charge in [0.15, 0.2) is 0 Å². The molecule has 0 bridgehead atoms. The van der Waals surface area contributed by atoms with Gasteiger partial charge in [-0.15, -0.1) is 0 Å². The molecule has 0 unspecified atom stereocenters. The van der Waals surface area contributed by atoms with E-state index in [9.17, 15) is 12.8 Å². The van der Waals surface area contributed by atoms with Crippen LogP contribution in [0.15, 0.2) is 47.4 Å². The minimum atomic E-state index is -3.74. The molecule has 0 aliphatic heterocycles. The van der Waals surface area contributed by atoms with Gasteiger partial charge >= 0.3 is 0 Å². The summed E-state index contributed by atoms with van der Waals surface area (Å²) in [4.78, 5) is -0.0258. The Morgan fingerprint density at radius 2 is 1.63 bits per heavy atom. The van der Waals surface area contributed by atoms with Gasteiger partial charge in [0.2, 0.25) is 10.0 Å². The summed E-state index contributed by atoms with van der Waals surface area (Å²) in [7, 11) is -3.74. The topological polar surface area (TPSA) is 69.4 Å². The van der Waals surface area contributed by atoms with E-state index < -0.39 is 15.8 Å². The molecule has 2 aromatic carbocycles. The molecule has 2 rings (SSSR count). The molecule has 0 aliphatic rings. The molecule has 100 valence electrons. The monoisotopic (exact) mass is 301 g/mol. The molecule has 0 spiro atoms. The average molecular weight is 302 g/mol. The number of hydrogen-bond donors (Lipinski definition) is 1. The summed E-state index contributed by atoms with van der Waals surface area (Å²) in [5.41, 5.74) is 0. The SMILES string of the molecule is NS(=O)(=O)c1ccc(Oc2ccc(Cl)c(F)c2)cc1. The molecule has 0 radical (unpaired) electrons. The Bertz CT molecular complexity index is 701. The maximum Gasteiger partial charge on any atom is 0.238 e. The molecule has 0 atom stereocenters. The Hall–Kier alpha value is -1.63. The van der Waals surface area contributed by atoms with E-state index in [0.29, 0.717) is 5.75 Å². The Kier molecular flexibility index (Phi) is 3.75. The Morgan fingerprint density at radius 3 is 2.16 bits per heavy atom. The van der Waals surface area contributed by atoms with Gasteiger partial charge in [0, 0.05) is 6.07 Å². The maximum absolute atomic E-state index is 13.2. The van der Waals surface area contributed by atoms with E-state index in [1.54, 1.807) is 0 Å². The number of benzene rings is 2. The van der Waals surface area contributed by atoms with Crippen molar-refractivity contribution in [2.75, 3.05) is 0 Å². The third kappa shape index (κ3) is 3.44. The number of rotatable bonds is 3. The van der Waals surface area contributed by atoms with E-state index in [4.69, 9.17) is 21.5 Å². The standard InChI is InChI=1S/C12H9ClFNO3S/c13-11-6-3-9(7-12(11)14)18-8-1-4-10(5-2-8)19(15,16)17/h1-7H,(H2,15,16,17). The lowest BCUT2D eigenvalue weighted by Gasteiger charge is -2.06. The molecular formula is C12H9ClFNO3S. The van der Waals surface area contributed by atoms with E-state index in [2.05, 4.69) is 0 Å². The molecule has 0 aromatic heterocycles. The van der Waals surface area contributed by atoms with Crippen molar-refractivity contribution in [1.29, 1.82) is 0 Å². The molecule has 7 heteroatoms. The van der Waals surface area contributed by atoms with Gasteiger partial charge in [-0.25, -0.2) is 17.9 Å². The highest BCUT2D eigenvalue weighted by Crippen LogP contribution is 2.26. The van der Waals surface area contributed by atoms with Crippen LogP contribution in [0.2, 0.25) is 5.02 Å². The highest BCUT2D eigenvalue weighted by molar-refractivity contribution is 7.89. The normalized spacial score (nSPS) is 11.3. The quantitative estimate of drug-likeness (QED) is 0.947. The predicted octanol–water partition coefficient (Wildman–Crippen LogP) is 2.92. The predicted molar refractivity (Wildman–Crippen MR) is 69.3 cm³/mol. The number of sulfonamides is 1. The average Bonchev–Trinajstić information content (AvgIpc) is 2.33. The van der Waals surface area contributed by atoms with Crippen LogP contribution in [-0.4, -0.2) is 8.42 Å². The van der Waals surface area contributed by atoms with Crippen molar-refractivity contribution in [3.8, 4) is 11.5 Å². The molecule has 0 amide bonds. The van der Waals surface area contributed by atoms with Crippen LogP contribution in [0, 0.1) is 5.82 Å². The van der Waals surface area contributed by atoms with Crippen LogP contribution >= 0.6 is 11.6 Å². The molecule has 2 N–H and O–H groups in total. The zero-order valence-electron chi connectivity index (χ0n) is 9.51. The Balaban J connectivity index is 2.22. The first-order valence-electron chi connectivity index (χ1n) is 5.12. The van der Waals surface area contributed by atoms with Crippen molar-refractivity contribution >= 4 is 21.6 Å². The lowest BCUT2D eigenvalue weighted by Crippen LogP contribution is -2.11. The third-order valence-electron chi connectivity index (χ3n) is 2.28. The number of nitrogens with two attached hydrogens (primary N) is 1. The fraction of sp³-hybridized carbons (Fsp3) is 0. The Morgan fingerprint density at radius 1 is 1.05 bits per heavy atom. The van der Waals surface area contributed by atoms with Crippen LogP contribution in [-0.2, 0) is 10.0 Å². The largest absolute Gasteiger partial charge is 0.457 e. The molecule has 0 saturated heterocycles. The van der Waals surface area contributed by atoms with Crippen molar-refractivity contribution in [2.45, 2.75) is 4.90 Å². The number of hydrogen-bond acceptors (Lipinski definition) is 3. The molecule has 0 fully saturated rings. The molecular weight excluding hydrogens is 293 g/mol. The lowest BCUT2D eigenvalue weighted by atomic mass is 10.3.